The predicted molar refractivity (Wildman–Crippen MR) is 46.2 cm³/mol. The molecule has 1 rings (SSSR count). The van der Waals surface area contributed by atoms with Gasteiger partial charge in [0.2, 0.25) is 0 Å². The van der Waals surface area contributed by atoms with Crippen molar-refractivity contribution < 1.29 is 0 Å². The van der Waals surface area contributed by atoms with Gasteiger partial charge >= 0.3 is 0 Å². The summed E-state index contributed by atoms with van der Waals surface area (Å²) < 4.78 is 0. The number of rotatable bonds is 0. The van der Waals surface area contributed by atoms with Gasteiger partial charge in [-0.1, -0.05) is 17.5 Å². The summed E-state index contributed by atoms with van der Waals surface area (Å²) in [6.07, 6.45) is 1.56. The topological polar surface area (TPSA) is 38.9 Å². The largest absolute Gasteiger partial charge is 0.398 e. The van der Waals surface area contributed by atoms with Crippen LogP contribution in [0.2, 0.25) is 5.15 Å². The molecule has 1 aromatic heterocycles. The molecular formula is C8H7ClN2. The van der Waals surface area contributed by atoms with Gasteiger partial charge in [0.05, 0.1) is 11.3 Å². The van der Waals surface area contributed by atoms with Gasteiger partial charge < -0.3 is 5.73 Å². The second-order valence-electron chi connectivity index (χ2n) is 1.97. The monoisotopic (exact) mass is 166 g/mol. The zero-order chi connectivity index (χ0) is 8.27. The van der Waals surface area contributed by atoms with E-state index in [1.54, 1.807) is 19.2 Å². The number of anilines is 1. The Morgan fingerprint density at radius 2 is 2.36 bits per heavy atom. The highest BCUT2D eigenvalue weighted by Crippen LogP contribution is 2.13. The van der Waals surface area contributed by atoms with E-state index >= 15 is 0 Å². The molecule has 0 amide bonds. The first-order valence-corrected chi connectivity index (χ1v) is 3.45. The molecule has 56 valence electrons. The van der Waals surface area contributed by atoms with Gasteiger partial charge in [0, 0.05) is 6.20 Å². The number of halogens is 1. The van der Waals surface area contributed by atoms with E-state index in [0.29, 0.717) is 10.8 Å². The maximum absolute atomic E-state index is 5.58. The van der Waals surface area contributed by atoms with E-state index in [2.05, 4.69) is 16.8 Å². The van der Waals surface area contributed by atoms with Crippen molar-refractivity contribution in [1.82, 2.24) is 4.98 Å². The van der Waals surface area contributed by atoms with Crippen LogP contribution in [0.5, 0.6) is 0 Å². The number of hydrogen-bond donors (Lipinski definition) is 1. The van der Waals surface area contributed by atoms with Crippen LogP contribution in [0, 0.1) is 11.8 Å². The molecule has 0 bridgehead atoms. The summed E-state index contributed by atoms with van der Waals surface area (Å²) in [4.78, 5) is 3.84. The number of hydrogen-bond acceptors (Lipinski definition) is 2. The summed E-state index contributed by atoms with van der Waals surface area (Å²) in [5, 5.41) is 0.393. The SMILES string of the molecule is CC#Cc1cnc(Cl)cc1N. The van der Waals surface area contributed by atoms with Crippen molar-refractivity contribution in [3.05, 3.63) is 23.0 Å². The van der Waals surface area contributed by atoms with Crippen LogP contribution in [-0.2, 0) is 0 Å². The Balaban J connectivity index is 3.16. The van der Waals surface area contributed by atoms with Gasteiger partial charge in [0.25, 0.3) is 0 Å². The quantitative estimate of drug-likeness (QED) is 0.471. The molecule has 2 N–H and O–H groups in total. The lowest BCUT2D eigenvalue weighted by Gasteiger charge is -1.96. The lowest BCUT2D eigenvalue weighted by Crippen LogP contribution is -1.91. The molecule has 0 unspecified atom stereocenters. The average molecular weight is 167 g/mol. The van der Waals surface area contributed by atoms with Crippen LogP contribution in [0.4, 0.5) is 5.69 Å². The third kappa shape index (κ3) is 1.86. The van der Waals surface area contributed by atoms with Crippen molar-refractivity contribution in [1.29, 1.82) is 0 Å². The molecule has 0 fully saturated rings. The highest BCUT2D eigenvalue weighted by Gasteiger charge is 1.95. The summed E-state index contributed by atoms with van der Waals surface area (Å²) >= 11 is 5.58. The second kappa shape index (κ2) is 3.27. The van der Waals surface area contributed by atoms with E-state index in [4.69, 9.17) is 17.3 Å². The molecule has 0 atom stereocenters. The van der Waals surface area contributed by atoms with E-state index in [0.717, 1.165) is 5.56 Å². The van der Waals surface area contributed by atoms with E-state index in [1.165, 1.54) is 0 Å². The zero-order valence-corrected chi connectivity index (χ0v) is 6.81. The van der Waals surface area contributed by atoms with Gasteiger partial charge in [0.15, 0.2) is 0 Å². The van der Waals surface area contributed by atoms with Crippen molar-refractivity contribution in [2.24, 2.45) is 0 Å². The van der Waals surface area contributed by atoms with Crippen LogP contribution < -0.4 is 5.73 Å². The van der Waals surface area contributed by atoms with Crippen LogP contribution >= 0.6 is 11.6 Å². The number of aromatic nitrogens is 1. The number of nitrogen functional groups attached to an aromatic ring is 1. The molecule has 0 aliphatic rings. The van der Waals surface area contributed by atoms with E-state index in [-0.39, 0.29) is 0 Å². The molecule has 0 aliphatic heterocycles. The number of pyridine rings is 1. The van der Waals surface area contributed by atoms with Crippen molar-refractivity contribution in [2.75, 3.05) is 5.73 Å². The highest BCUT2D eigenvalue weighted by atomic mass is 35.5. The second-order valence-corrected chi connectivity index (χ2v) is 2.36. The van der Waals surface area contributed by atoms with Gasteiger partial charge in [-0.25, -0.2) is 4.98 Å². The summed E-state index contributed by atoms with van der Waals surface area (Å²) in [5.41, 5.74) is 6.87. The van der Waals surface area contributed by atoms with Gasteiger partial charge in [0.1, 0.15) is 5.15 Å². The maximum Gasteiger partial charge on any atom is 0.131 e. The third-order valence-corrected chi connectivity index (χ3v) is 1.37. The Morgan fingerprint density at radius 1 is 1.64 bits per heavy atom. The average Bonchev–Trinajstić information content (AvgIpc) is 1.95. The van der Waals surface area contributed by atoms with E-state index < -0.39 is 0 Å². The molecule has 2 nitrogen and oxygen atoms in total. The van der Waals surface area contributed by atoms with E-state index in [9.17, 15) is 0 Å². The zero-order valence-electron chi connectivity index (χ0n) is 6.06. The fourth-order valence-electron chi connectivity index (χ4n) is 0.683. The van der Waals surface area contributed by atoms with Crippen LogP contribution in [0.1, 0.15) is 12.5 Å². The van der Waals surface area contributed by atoms with Crippen LogP contribution in [-0.4, -0.2) is 4.98 Å². The fraction of sp³-hybridized carbons (Fsp3) is 0.125. The minimum Gasteiger partial charge on any atom is -0.398 e. The predicted octanol–water partition coefficient (Wildman–Crippen LogP) is 1.69. The molecule has 0 saturated carbocycles. The van der Waals surface area contributed by atoms with Crippen LogP contribution in [0.25, 0.3) is 0 Å². The van der Waals surface area contributed by atoms with Gasteiger partial charge in [-0.05, 0) is 13.0 Å². The molecular weight excluding hydrogens is 160 g/mol. The molecule has 1 aromatic rings. The Labute approximate surface area is 70.4 Å². The molecule has 11 heavy (non-hydrogen) atoms. The minimum absolute atomic E-state index is 0.393. The smallest absolute Gasteiger partial charge is 0.131 e. The molecule has 1 heterocycles. The normalized spacial score (nSPS) is 8.55. The summed E-state index contributed by atoms with van der Waals surface area (Å²) in [7, 11) is 0. The molecule has 3 heteroatoms. The number of nitrogens with two attached hydrogens (primary N) is 1. The lowest BCUT2D eigenvalue weighted by molar-refractivity contribution is 1.32. The van der Waals surface area contributed by atoms with Crippen LogP contribution in [0.3, 0.4) is 0 Å². The van der Waals surface area contributed by atoms with E-state index in [1.807, 2.05) is 0 Å². The first-order valence-electron chi connectivity index (χ1n) is 3.08. The van der Waals surface area contributed by atoms with Crippen molar-refractivity contribution in [3.63, 3.8) is 0 Å². The highest BCUT2D eigenvalue weighted by molar-refractivity contribution is 6.29. The Morgan fingerprint density at radius 3 is 2.91 bits per heavy atom. The lowest BCUT2D eigenvalue weighted by atomic mass is 10.2. The van der Waals surface area contributed by atoms with Gasteiger partial charge in [-0.2, -0.15) is 0 Å². The molecule has 0 spiro atoms. The number of nitrogens with zero attached hydrogens (tertiary/aromatic N) is 1. The minimum atomic E-state index is 0.393. The van der Waals surface area contributed by atoms with Crippen molar-refractivity contribution in [3.8, 4) is 11.8 Å². The van der Waals surface area contributed by atoms with Crippen LogP contribution in [0.15, 0.2) is 12.3 Å². The molecule has 0 aromatic carbocycles. The van der Waals surface area contributed by atoms with Crippen molar-refractivity contribution >= 4 is 17.3 Å². The van der Waals surface area contributed by atoms with Gasteiger partial charge in [-0.3, -0.25) is 0 Å². The van der Waals surface area contributed by atoms with Gasteiger partial charge in [-0.15, -0.1) is 5.92 Å². The first kappa shape index (κ1) is 7.90. The molecule has 0 aliphatic carbocycles. The Hall–Kier alpha value is -1.20. The Kier molecular flexibility index (Phi) is 2.35. The standard InChI is InChI=1S/C8H7ClN2/c1-2-3-6-5-11-8(9)4-7(6)10/h4-5H,1H3,(H2,10,11). The summed E-state index contributed by atoms with van der Waals surface area (Å²) in [6, 6.07) is 1.58. The summed E-state index contributed by atoms with van der Waals surface area (Å²) in [6.45, 7) is 1.74. The van der Waals surface area contributed by atoms with Crippen molar-refractivity contribution in [2.45, 2.75) is 6.92 Å². The molecule has 0 saturated heterocycles. The molecule has 0 radical (unpaired) electrons. The fourth-order valence-corrected chi connectivity index (χ4v) is 0.850. The first-order chi connectivity index (χ1) is 5.24. The summed E-state index contributed by atoms with van der Waals surface area (Å²) in [5.74, 6) is 5.54. The Bertz CT molecular complexity index is 323. The maximum atomic E-state index is 5.58. The third-order valence-electron chi connectivity index (χ3n) is 1.16.